The van der Waals surface area contributed by atoms with Crippen molar-refractivity contribution in [3.63, 3.8) is 0 Å². The maximum atomic E-state index is 8.34. The van der Waals surface area contributed by atoms with Crippen molar-refractivity contribution in [3.8, 4) is 0 Å². The molecule has 0 rings (SSSR count). The van der Waals surface area contributed by atoms with E-state index in [0.29, 0.717) is 0 Å². The average molecular weight is 161 g/mol. The Morgan fingerprint density at radius 1 is 1.00 bits per heavy atom. The Morgan fingerprint density at radius 3 is 1.22 bits per heavy atom. The van der Waals surface area contributed by atoms with E-state index < -0.39 is 25.4 Å². The molecule has 5 heteroatoms. The van der Waals surface area contributed by atoms with E-state index in [1.807, 2.05) is 0 Å². The molecule has 0 heterocycles. The summed E-state index contributed by atoms with van der Waals surface area (Å²) in [6, 6.07) is 0. The molecular weight excluding hydrogens is 149 g/mol. The van der Waals surface area contributed by atoms with Gasteiger partial charge in [-0.15, -0.1) is 0 Å². The van der Waals surface area contributed by atoms with Crippen LogP contribution in [-0.2, 0) is 0 Å². The van der Waals surface area contributed by atoms with Gasteiger partial charge in [0.1, 0.15) is 0 Å². The second kappa shape index (κ2) is 6.20. The molecule has 0 aromatic heterocycles. The molecule has 0 amide bonds. The predicted octanol–water partition coefficient (Wildman–Crippen LogP) is -2.99. The zero-order chi connectivity index (χ0) is 6.62. The first-order chi connectivity index (χ1) is 3.68. The zero-order valence-corrected chi connectivity index (χ0v) is 4.54. The van der Waals surface area contributed by atoms with Crippen LogP contribution >= 0.6 is 0 Å². The Bertz CT molecular complexity index is 58.6. The number of hydrogen-bond acceptors (Lipinski definition) is 4. The van der Waals surface area contributed by atoms with Crippen molar-refractivity contribution in [3.05, 3.63) is 0 Å². The van der Waals surface area contributed by atoms with Crippen molar-refractivity contribution in [1.82, 2.24) is 0 Å². The van der Waals surface area contributed by atoms with Crippen LogP contribution in [0, 0.1) is 0 Å². The van der Waals surface area contributed by atoms with Crippen LogP contribution in [0.2, 0.25) is 0 Å². The Morgan fingerprint density at radius 2 is 1.22 bits per heavy atom. The minimum absolute atomic E-state index is 0. The first-order valence-electron chi connectivity index (χ1n) is 2.30. The summed E-state index contributed by atoms with van der Waals surface area (Å²) in [6.07, 6.45) is 0. The summed E-state index contributed by atoms with van der Waals surface area (Å²) in [7, 11) is 0. The molecule has 0 saturated heterocycles. The van der Waals surface area contributed by atoms with Gasteiger partial charge in [0.25, 0.3) is 0 Å². The maximum absolute atomic E-state index is 8.34. The van der Waals surface area contributed by atoms with E-state index in [-0.39, 0.29) is 51.4 Å². The van der Waals surface area contributed by atoms with E-state index in [1.165, 1.54) is 0 Å². The standard InChI is InChI=1S/C4H11NO3.K.H/c5-4(1-6,2-7)3-8;;/h6-8H,1-3,5H2;;. The summed E-state index contributed by atoms with van der Waals surface area (Å²) in [4.78, 5) is 0. The van der Waals surface area contributed by atoms with E-state index in [2.05, 4.69) is 0 Å². The summed E-state index contributed by atoms with van der Waals surface area (Å²) in [5.41, 5.74) is 3.94. The van der Waals surface area contributed by atoms with Gasteiger partial charge >= 0.3 is 51.4 Å². The fourth-order valence-corrected chi connectivity index (χ4v) is 0.150. The van der Waals surface area contributed by atoms with Crippen molar-refractivity contribution < 1.29 is 15.3 Å². The van der Waals surface area contributed by atoms with Gasteiger partial charge in [-0.2, -0.15) is 0 Å². The van der Waals surface area contributed by atoms with Gasteiger partial charge < -0.3 is 21.1 Å². The van der Waals surface area contributed by atoms with Crippen LogP contribution in [-0.4, -0.2) is 92.1 Å². The summed E-state index contributed by atoms with van der Waals surface area (Å²) in [5.74, 6) is 0. The van der Waals surface area contributed by atoms with Crippen molar-refractivity contribution in [2.45, 2.75) is 5.54 Å². The first-order valence-corrected chi connectivity index (χ1v) is 2.30. The Kier molecular flexibility index (Phi) is 9.03. The summed E-state index contributed by atoms with van der Waals surface area (Å²) in [5, 5.41) is 25.0. The number of hydrogen-bond donors (Lipinski definition) is 4. The van der Waals surface area contributed by atoms with Crippen LogP contribution < -0.4 is 5.73 Å². The van der Waals surface area contributed by atoms with Gasteiger partial charge in [0, 0.05) is 0 Å². The Balaban J connectivity index is 0. The number of aliphatic hydroxyl groups excluding tert-OH is 3. The second-order valence-corrected chi connectivity index (χ2v) is 1.84. The normalized spacial score (nSPS) is 10.7. The monoisotopic (exact) mass is 161 g/mol. The predicted molar refractivity (Wildman–Crippen MR) is 35.3 cm³/mol. The Hall–Kier alpha value is 1.48. The third kappa shape index (κ3) is 4.83. The number of nitrogens with two attached hydrogens (primary N) is 1. The van der Waals surface area contributed by atoms with Crippen molar-refractivity contribution in [2.75, 3.05) is 19.8 Å². The van der Waals surface area contributed by atoms with Crippen LogP contribution in [0.25, 0.3) is 0 Å². The molecule has 0 bridgehead atoms. The molecule has 52 valence electrons. The molecule has 0 unspecified atom stereocenters. The van der Waals surface area contributed by atoms with Crippen molar-refractivity contribution in [1.29, 1.82) is 0 Å². The van der Waals surface area contributed by atoms with Crippen molar-refractivity contribution in [2.24, 2.45) is 5.73 Å². The fourth-order valence-electron chi connectivity index (χ4n) is 0.150. The molecule has 0 saturated carbocycles. The molecule has 0 aromatic rings. The molecule has 9 heavy (non-hydrogen) atoms. The Labute approximate surface area is 96.5 Å². The van der Waals surface area contributed by atoms with Gasteiger partial charge in [0.2, 0.25) is 0 Å². The third-order valence-corrected chi connectivity index (χ3v) is 0.945. The van der Waals surface area contributed by atoms with Crippen molar-refractivity contribution >= 4 is 51.4 Å². The first kappa shape index (κ1) is 13.1. The van der Waals surface area contributed by atoms with Crippen LogP contribution in [0.4, 0.5) is 0 Å². The van der Waals surface area contributed by atoms with Gasteiger partial charge in [0.15, 0.2) is 0 Å². The number of aliphatic hydroxyl groups is 3. The van der Waals surface area contributed by atoms with Gasteiger partial charge in [-0.3, -0.25) is 0 Å². The topological polar surface area (TPSA) is 86.7 Å². The summed E-state index contributed by atoms with van der Waals surface area (Å²) < 4.78 is 0. The molecule has 5 N–H and O–H groups in total. The molecule has 0 aliphatic heterocycles. The average Bonchev–Trinajstić information content (AvgIpc) is 1.87. The molecular formula is C4H12KNO3. The van der Waals surface area contributed by atoms with Gasteiger partial charge in [-0.05, 0) is 0 Å². The molecule has 4 nitrogen and oxygen atoms in total. The molecule has 0 fully saturated rings. The fraction of sp³-hybridized carbons (Fsp3) is 1.00. The third-order valence-electron chi connectivity index (χ3n) is 0.945. The molecule has 0 spiro atoms. The molecule has 0 aliphatic rings. The SMILES string of the molecule is NC(CO)(CO)CO.[KH]. The summed E-state index contributed by atoms with van der Waals surface area (Å²) in [6.45, 7) is -1.21. The number of rotatable bonds is 3. The summed E-state index contributed by atoms with van der Waals surface area (Å²) >= 11 is 0. The molecule has 0 aromatic carbocycles. The van der Waals surface area contributed by atoms with Crippen LogP contribution in [0.3, 0.4) is 0 Å². The van der Waals surface area contributed by atoms with Crippen LogP contribution in [0.15, 0.2) is 0 Å². The van der Waals surface area contributed by atoms with E-state index in [9.17, 15) is 0 Å². The van der Waals surface area contributed by atoms with Crippen LogP contribution in [0.5, 0.6) is 0 Å². The van der Waals surface area contributed by atoms with Crippen LogP contribution in [0.1, 0.15) is 0 Å². The molecule has 0 radical (unpaired) electrons. The van der Waals surface area contributed by atoms with Gasteiger partial charge in [-0.1, -0.05) is 0 Å². The van der Waals surface area contributed by atoms with Gasteiger partial charge in [0.05, 0.1) is 25.4 Å². The van der Waals surface area contributed by atoms with E-state index in [0.717, 1.165) is 0 Å². The minimum atomic E-state index is -1.21. The zero-order valence-electron chi connectivity index (χ0n) is 4.54. The van der Waals surface area contributed by atoms with Gasteiger partial charge in [-0.25, -0.2) is 0 Å². The molecule has 0 aliphatic carbocycles. The van der Waals surface area contributed by atoms with E-state index in [1.54, 1.807) is 0 Å². The second-order valence-electron chi connectivity index (χ2n) is 1.84. The quantitative estimate of drug-likeness (QED) is 0.333. The van der Waals surface area contributed by atoms with E-state index in [4.69, 9.17) is 21.1 Å². The van der Waals surface area contributed by atoms with E-state index >= 15 is 0 Å². The molecule has 0 atom stereocenters.